The summed E-state index contributed by atoms with van der Waals surface area (Å²) in [5, 5.41) is 11.3. The topological polar surface area (TPSA) is 49.9 Å². The van der Waals surface area contributed by atoms with Crippen molar-refractivity contribution in [3.63, 3.8) is 0 Å². The lowest BCUT2D eigenvalue weighted by atomic mass is 10.1. The molecule has 3 heteroatoms. The summed E-state index contributed by atoms with van der Waals surface area (Å²) in [6, 6.07) is 19.5. The van der Waals surface area contributed by atoms with E-state index >= 15 is 0 Å². The minimum Gasteiger partial charge on any atom is -0.356 e. The van der Waals surface area contributed by atoms with E-state index in [1.807, 2.05) is 60.7 Å². The SMILES string of the molecule is N=Cc1ccc(-c2cc(-c3ccccc3)on2)cc1. The van der Waals surface area contributed by atoms with E-state index in [1.165, 1.54) is 6.21 Å². The van der Waals surface area contributed by atoms with Crippen LogP contribution in [0.5, 0.6) is 0 Å². The van der Waals surface area contributed by atoms with E-state index in [1.54, 1.807) is 0 Å². The monoisotopic (exact) mass is 248 g/mol. The molecule has 0 saturated carbocycles. The largest absolute Gasteiger partial charge is 0.356 e. The zero-order valence-corrected chi connectivity index (χ0v) is 10.2. The molecule has 3 nitrogen and oxygen atoms in total. The third-order valence-corrected chi connectivity index (χ3v) is 2.94. The number of benzene rings is 2. The first-order valence-electron chi connectivity index (χ1n) is 6.00. The molecule has 0 amide bonds. The second-order valence-corrected chi connectivity index (χ2v) is 4.21. The van der Waals surface area contributed by atoms with Crippen LogP contribution in [0.15, 0.2) is 65.2 Å². The summed E-state index contributed by atoms with van der Waals surface area (Å²) in [6.07, 6.45) is 1.32. The fourth-order valence-corrected chi connectivity index (χ4v) is 1.90. The van der Waals surface area contributed by atoms with Gasteiger partial charge in [0.05, 0.1) is 0 Å². The molecule has 0 bridgehead atoms. The lowest BCUT2D eigenvalue weighted by molar-refractivity contribution is 0.435. The van der Waals surface area contributed by atoms with Gasteiger partial charge in [-0.2, -0.15) is 0 Å². The van der Waals surface area contributed by atoms with Crippen LogP contribution in [-0.2, 0) is 0 Å². The maximum Gasteiger partial charge on any atom is 0.167 e. The first kappa shape index (κ1) is 11.4. The molecule has 0 saturated heterocycles. The summed E-state index contributed by atoms with van der Waals surface area (Å²) < 4.78 is 5.37. The van der Waals surface area contributed by atoms with Crippen LogP contribution in [0.2, 0.25) is 0 Å². The third-order valence-electron chi connectivity index (χ3n) is 2.94. The van der Waals surface area contributed by atoms with Crippen LogP contribution in [-0.4, -0.2) is 11.4 Å². The Bertz CT molecular complexity index is 684. The Hall–Kier alpha value is -2.68. The first-order valence-corrected chi connectivity index (χ1v) is 6.00. The van der Waals surface area contributed by atoms with E-state index in [9.17, 15) is 0 Å². The Labute approximate surface area is 111 Å². The average Bonchev–Trinajstić information content (AvgIpc) is 2.98. The number of aromatic nitrogens is 1. The van der Waals surface area contributed by atoms with E-state index in [0.29, 0.717) is 0 Å². The van der Waals surface area contributed by atoms with Crippen LogP contribution in [0.25, 0.3) is 22.6 Å². The summed E-state index contributed by atoms with van der Waals surface area (Å²) >= 11 is 0. The third kappa shape index (κ3) is 2.31. The number of hydrogen-bond acceptors (Lipinski definition) is 3. The summed E-state index contributed by atoms with van der Waals surface area (Å²) in [7, 11) is 0. The van der Waals surface area contributed by atoms with Gasteiger partial charge in [0.1, 0.15) is 5.69 Å². The molecule has 1 aromatic heterocycles. The number of nitrogens with one attached hydrogen (secondary N) is 1. The highest BCUT2D eigenvalue weighted by molar-refractivity contribution is 5.78. The summed E-state index contributed by atoms with van der Waals surface area (Å²) in [5.74, 6) is 0.756. The zero-order valence-electron chi connectivity index (χ0n) is 10.2. The highest BCUT2D eigenvalue weighted by Gasteiger charge is 2.07. The summed E-state index contributed by atoms with van der Waals surface area (Å²) in [6.45, 7) is 0. The second kappa shape index (κ2) is 4.90. The van der Waals surface area contributed by atoms with Gasteiger partial charge >= 0.3 is 0 Å². The van der Waals surface area contributed by atoms with Crippen molar-refractivity contribution in [2.45, 2.75) is 0 Å². The lowest BCUT2D eigenvalue weighted by Crippen LogP contribution is -1.80. The molecule has 1 heterocycles. The van der Waals surface area contributed by atoms with Crippen LogP contribution in [0, 0.1) is 5.41 Å². The van der Waals surface area contributed by atoms with Gasteiger partial charge in [0.2, 0.25) is 0 Å². The van der Waals surface area contributed by atoms with Crippen molar-refractivity contribution in [2.24, 2.45) is 0 Å². The van der Waals surface area contributed by atoms with Crippen molar-refractivity contribution >= 4 is 6.21 Å². The highest BCUT2D eigenvalue weighted by atomic mass is 16.5. The maximum atomic E-state index is 7.18. The van der Waals surface area contributed by atoms with E-state index in [0.717, 1.165) is 28.1 Å². The van der Waals surface area contributed by atoms with Crippen LogP contribution in [0.3, 0.4) is 0 Å². The van der Waals surface area contributed by atoms with Gasteiger partial charge in [0.15, 0.2) is 5.76 Å². The second-order valence-electron chi connectivity index (χ2n) is 4.21. The van der Waals surface area contributed by atoms with Gasteiger partial charge in [-0.25, -0.2) is 0 Å². The quantitative estimate of drug-likeness (QED) is 0.712. The van der Waals surface area contributed by atoms with Crippen molar-refractivity contribution in [1.29, 1.82) is 5.41 Å². The molecule has 0 aliphatic rings. The Kier molecular flexibility index (Phi) is 2.94. The van der Waals surface area contributed by atoms with Gasteiger partial charge in [-0.15, -0.1) is 0 Å². The fraction of sp³-hybridized carbons (Fsp3) is 0. The normalized spacial score (nSPS) is 10.3. The standard InChI is InChI=1S/C16H12N2O/c17-11-12-6-8-13(9-7-12)15-10-16(19-18-15)14-4-2-1-3-5-14/h1-11,17H. The molecule has 2 aromatic carbocycles. The molecule has 0 aliphatic carbocycles. The summed E-state index contributed by atoms with van der Waals surface area (Å²) in [4.78, 5) is 0. The minimum absolute atomic E-state index is 0.756. The predicted octanol–water partition coefficient (Wildman–Crippen LogP) is 4.01. The molecule has 1 N–H and O–H groups in total. The minimum atomic E-state index is 0.756. The maximum absolute atomic E-state index is 7.18. The van der Waals surface area contributed by atoms with Gasteiger partial charge in [-0.05, 0) is 5.56 Å². The van der Waals surface area contributed by atoms with Gasteiger partial charge in [-0.3, -0.25) is 0 Å². The number of nitrogens with zero attached hydrogens (tertiary/aromatic N) is 1. The molecule has 0 unspecified atom stereocenters. The van der Waals surface area contributed by atoms with Crippen LogP contribution in [0.4, 0.5) is 0 Å². The van der Waals surface area contributed by atoms with E-state index in [2.05, 4.69) is 5.16 Å². The van der Waals surface area contributed by atoms with E-state index < -0.39 is 0 Å². The molecular weight excluding hydrogens is 236 g/mol. The lowest BCUT2D eigenvalue weighted by Gasteiger charge is -1.95. The van der Waals surface area contributed by atoms with Crippen LogP contribution in [0.1, 0.15) is 5.56 Å². The molecule has 0 fully saturated rings. The van der Waals surface area contributed by atoms with Gasteiger partial charge in [0.25, 0.3) is 0 Å². The Morgan fingerprint density at radius 1 is 0.895 bits per heavy atom. The van der Waals surface area contributed by atoms with Gasteiger partial charge in [0, 0.05) is 23.4 Å². The molecular formula is C16H12N2O. The van der Waals surface area contributed by atoms with Crippen molar-refractivity contribution in [1.82, 2.24) is 5.16 Å². The van der Waals surface area contributed by atoms with Crippen molar-refractivity contribution in [3.05, 3.63) is 66.2 Å². The van der Waals surface area contributed by atoms with Crippen molar-refractivity contribution < 1.29 is 4.52 Å². The fourth-order valence-electron chi connectivity index (χ4n) is 1.90. The van der Waals surface area contributed by atoms with Crippen LogP contribution < -0.4 is 0 Å². The van der Waals surface area contributed by atoms with Crippen LogP contribution >= 0.6 is 0 Å². The molecule has 19 heavy (non-hydrogen) atoms. The van der Waals surface area contributed by atoms with Crippen molar-refractivity contribution in [3.8, 4) is 22.6 Å². The molecule has 0 aliphatic heterocycles. The van der Waals surface area contributed by atoms with Gasteiger partial charge < -0.3 is 9.93 Å². The number of hydrogen-bond donors (Lipinski definition) is 1. The number of rotatable bonds is 3. The smallest absolute Gasteiger partial charge is 0.167 e. The molecule has 3 aromatic rings. The zero-order chi connectivity index (χ0) is 13.1. The van der Waals surface area contributed by atoms with E-state index in [-0.39, 0.29) is 0 Å². The predicted molar refractivity (Wildman–Crippen MR) is 75.3 cm³/mol. The van der Waals surface area contributed by atoms with Crippen molar-refractivity contribution in [2.75, 3.05) is 0 Å². The van der Waals surface area contributed by atoms with E-state index in [4.69, 9.17) is 9.93 Å². The Morgan fingerprint density at radius 3 is 2.32 bits per heavy atom. The Morgan fingerprint density at radius 2 is 1.63 bits per heavy atom. The molecule has 0 spiro atoms. The summed E-state index contributed by atoms with van der Waals surface area (Å²) in [5.41, 5.74) is 3.67. The molecule has 92 valence electrons. The molecule has 0 atom stereocenters. The molecule has 3 rings (SSSR count). The first-order chi connectivity index (χ1) is 9.36. The molecule has 0 radical (unpaired) electrons. The Balaban J connectivity index is 1.94. The van der Waals surface area contributed by atoms with Gasteiger partial charge in [-0.1, -0.05) is 59.8 Å². The highest BCUT2D eigenvalue weighted by Crippen LogP contribution is 2.25. The average molecular weight is 248 g/mol.